The van der Waals surface area contributed by atoms with E-state index < -0.39 is 24.7 Å². The molecule has 0 aromatic carbocycles. The van der Waals surface area contributed by atoms with E-state index in [1.54, 1.807) is 0 Å². The molecule has 0 saturated carbocycles. The Balaban J connectivity index is 3.39. The number of alkyl halides is 2. The molecule has 4 nitrogen and oxygen atoms in total. The van der Waals surface area contributed by atoms with Gasteiger partial charge in [0.15, 0.2) is 0 Å². The van der Waals surface area contributed by atoms with Crippen LogP contribution in [0.25, 0.3) is 0 Å². The molecule has 0 radical (unpaired) electrons. The summed E-state index contributed by atoms with van der Waals surface area (Å²) in [6.45, 7) is 0. The number of aryl methyl sites for hydroxylation is 1. The van der Waals surface area contributed by atoms with E-state index in [0.29, 0.717) is 6.07 Å². The van der Waals surface area contributed by atoms with E-state index in [-0.39, 0.29) is 5.46 Å². The van der Waals surface area contributed by atoms with Gasteiger partial charge in [0.1, 0.15) is 0 Å². The molecule has 1 aromatic heterocycles. The Labute approximate surface area is 78.6 Å². The van der Waals surface area contributed by atoms with E-state index in [0.717, 1.165) is 10.8 Å². The second kappa shape index (κ2) is 3.89. The Kier molecular flexibility index (Phi) is 3.02. The molecule has 14 heavy (non-hydrogen) atoms. The van der Waals surface area contributed by atoms with Gasteiger partial charge < -0.3 is 14.6 Å². The summed E-state index contributed by atoms with van der Waals surface area (Å²) < 4.78 is 25.7. The maximum absolute atomic E-state index is 12.3. The van der Waals surface area contributed by atoms with Gasteiger partial charge in [0.25, 0.3) is 12.0 Å². The molecule has 0 aliphatic heterocycles. The molecule has 1 rings (SSSR count). The van der Waals surface area contributed by atoms with Crippen LogP contribution in [0.1, 0.15) is 12.0 Å². The first-order valence-corrected chi connectivity index (χ1v) is 3.78. The highest BCUT2D eigenvalue weighted by Crippen LogP contribution is 2.14. The zero-order chi connectivity index (χ0) is 10.9. The molecule has 0 atom stereocenters. The molecule has 1 aromatic rings. The maximum atomic E-state index is 12.3. The number of aromatic nitrogens is 1. The minimum absolute atomic E-state index is 0.359. The summed E-state index contributed by atoms with van der Waals surface area (Å²) in [5.41, 5.74) is -1.63. The Morgan fingerprint density at radius 1 is 1.50 bits per heavy atom. The first-order chi connectivity index (χ1) is 6.43. The average molecular weight is 203 g/mol. The Hall–Kier alpha value is -1.21. The Morgan fingerprint density at radius 3 is 2.50 bits per heavy atom. The SMILES string of the molecule is Cn1cc(B(O)O)c(C(F)F)cc1=O. The smallest absolute Gasteiger partial charge is 0.423 e. The third kappa shape index (κ3) is 1.99. The lowest BCUT2D eigenvalue weighted by Crippen LogP contribution is -2.37. The highest BCUT2D eigenvalue weighted by atomic mass is 19.3. The van der Waals surface area contributed by atoms with E-state index >= 15 is 0 Å². The lowest BCUT2D eigenvalue weighted by atomic mass is 9.78. The zero-order valence-electron chi connectivity index (χ0n) is 7.32. The molecule has 1 heterocycles. The molecule has 0 aliphatic carbocycles. The fourth-order valence-corrected chi connectivity index (χ4v) is 1.07. The molecule has 7 heteroatoms. The average Bonchev–Trinajstić information content (AvgIpc) is 2.08. The molecular formula is C7H8BF2NO3. The number of pyridine rings is 1. The lowest BCUT2D eigenvalue weighted by molar-refractivity contribution is 0.152. The molecule has 0 fully saturated rings. The van der Waals surface area contributed by atoms with Crippen LogP contribution in [0.3, 0.4) is 0 Å². The quantitative estimate of drug-likeness (QED) is 0.606. The van der Waals surface area contributed by atoms with E-state index in [1.807, 2.05) is 0 Å². The lowest BCUT2D eigenvalue weighted by Gasteiger charge is -2.08. The van der Waals surface area contributed by atoms with Crippen LogP contribution in [0, 0.1) is 0 Å². The summed E-state index contributed by atoms with van der Waals surface area (Å²) in [6.07, 6.45) is -1.92. The van der Waals surface area contributed by atoms with Crippen LogP contribution in [0.2, 0.25) is 0 Å². The Bertz CT molecular complexity index is 391. The first-order valence-electron chi connectivity index (χ1n) is 3.78. The van der Waals surface area contributed by atoms with Gasteiger partial charge in [0, 0.05) is 30.3 Å². The predicted molar refractivity (Wildman–Crippen MR) is 46.5 cm³/mol. The van der Waals surface area contributed by atoms with Gasteiger partial charge in [-0.1, -0.05) is 0 Å². The molecule has 76 valence electrons. The standard InChI is InChI=1S/C7H8BF2NO3/c1-11-3-5(8(13)14)4(7(9)10)2-6(11)12/h2-3,7,13-14H,1H3. The van der Waals surface area contributed by atoms with Gasteiger partial charge in [-0.3, -0.25) is 4.79 Å². The highest BCUT2D eigenvalue weighted by Gasteiger charge is 2.22. The predicted octanol–water partition coefficient (Wildman–Crippen LogP) is -0.997. The molecule has 0 unspecified atom stereocenters. The number of rotatable bonds is 2. The van der Waals surface area contributed by atoms with Crippen LogP contribution < -0.4 is 11.0 Å². The van der Waals surface area contributed by atoms with Crippen LogP contribution in [0.4, 0.5) is 8.78 Å². The topological polar surface area (TPSA) is 62.5 Å². The van der Waals surface area contributed by atoms with E-state index in [4.69, 9.17) is 10.0 Å². The fraction of sp³-hybridized carbons (Fsp3) is 0.286. The fourth-order valence-electron chi connectivity index (χ4n) is 1.07. The highest BCUT2D eigenvalue weighted by molar-refractivity contribution is 6.59. The van der Waals surface area contributed by atoms with Crippen molar-refractivity contribution >= 4 is 12.6 Å². The second-order valence-corrected chi connectivity index (χ2v) is 2.81. The normalized spacial score (nSPS) is 10.7. The number of hydrogen-bond donors (Lipinski definition) is 2. The summed E-state index contributed by atoms with van der Waals surface area (Å²) in [4.78, 5) is 11.0. The first kappa shape index (κ1) is 10.9. The van der Waals surface area contributed by atoms with Crippen molar-refractivity contribution in [3.05, 3.63) is 28.2 Å². The van der Waals surface area contributed by atoms with Gasteiger partial charge in [-0.15, -0.1) is 0 Å². The van der Waals surface area contributed by atoms with E-state index in [2.05, 4.69) is 0 Å². The van der Waals surface area contributed by atoms with E-state index in [9.17, 15) is 13.6 Å². The number of halogens is 2. The van der Waals surface area contributed by atoms with Crippen LogP contribution in [-0.2, 0) is 7.05 Å². The molecule has 0 amide bonds. The van der Waals surface area contributed by atoms with Crippen LogP contribution in [0.15, 0.2) is 17.1 Å². The molecule has 0 aliphatic rings. The summed E-state index contributed by atoms with van der Waals surface area (Å²) in [7, 11) is -0.672. The van der Waals surface area contributed by atoms with Gasteiger partial charge in [0.2, 0.25) is 0 Å². The molecule has 0 spiro atoms. The molecule has 0 bridgehead atoms. The molecule has 2 N–H and O–H groups in total. The van der Waals surface area contributed by atoms with Crippen molar-refractivity contribution < 1.29 is 18.8 Å². The van der Waals surface area contributed by atoms with Crippen molar-refractivity contribution in [1.82, 2.24) is 4.57 Å². The minimum Gasteiger partial charge on any atom is -0.423 e. The van der Waals surface area contributed by atoms with Crippen LogP contribution in [0.5, 0.6) is 0 Å². The summed E-state index contributed by atoms with van der Waals surface area (Å²) in [5.74, 6) is 0. The largest absolute Gasteiger partial charge is 0.490 e. The van der Waals surface area contributed by atoms with Gasteiger partial charge in [-0.2, -0.15) is 0 Å². The van der Waals surface area contributed by atoms with Crippen molar-refractivity contribution in [2.75, 3.05) is 0 Å². The molecular weight excluding hydrogens is 195 g/mol. The monoisotopic (exact) mass is 203 g/mol. The van der Waals surface area contributed by atoms with Gasteiger partial charge in [-0.25, -0.2) is 8.78 Å². The van der Waals surface area contributed by atoms with Crippen LogP contribution >= 0.6 is 0 Å². The minimum atomic E-state index is -2.90. The van der Waals surface area contributed by atoms with Crippen molar-refractivity contribution in [2.24, 2.45) is 7.05 Å². The number of hydrogen-bond acceptors (Lipinski definition) is 3. The third-order valence-electron chi connectivity index (χ3n) is 1.81. The number of nitrogens with zero attached hydrogens (tertiary/aromatic N) is 1. The van der Waals surface area contributed by atoms with Crippen molar-refractivity contribution in [2.45, 2.75) is 6.43 Å². The van der Waals surface area contributed by atoms with E-state index in [1.165, 1.54) is 7.05 Å². The van der Waals surface area contributed by atoms with Gasteiger partial charge in [0.05, 0.1) is 0 Å². The molecule has 0 saturated heterocycles. The summed E-state index contributed by atoms with van der Waals surface area (Å²) in [5, 5.41) is 17.6. The Morgan fingerprint density at radius 2 is 2.07 bits per heavy atom. The van der Waals surface area contributed by atoms with Gasteiger partial charge in [-0.05, 0) is 0 Å². The zero-order valence-corrected chi connectivity index (χ0v) is 7.32. The van der Waals surface area contributed by atoms with Crippen molar-refractivity contribution in [3.63, 3.8) is 0 Å². The summed E-state index contributed by atoms with van der Waals surface area (Å²) in [6, 6.07) is 0.694. The maximum Gasteiger partial charge on any atom is 0.490 e. The third-order valence-corrected chi connectivity index (χ3v) is 1.81. The van der Waals surface area contributed by atoms with Crippen molar-refractivity contribution in [1.29, 1.82) is 0 Å². The van der Waals surface area contributed by atoms with Crippen molar-refractivity contribution in [3.8, 4) is 0 Å². The summed E-state index contributed by atoms with van der Waals surface area (Å²) >= 11 is 0. The van der Waals surface area contributed by atoms with Crippen LogP contribution in [-0.4, -0.2) is 21.7 Å². The second-order valence-electron chi connectivity index (χ2n) is 2.81. The van der Waals surface area contributed by atoms with Gasteiger partial charge >= 0.3 is 7.12 Å².